The lowest BCUT2D eigenvalue weighted by Gasteiger charge is -2.26. The smallest absolute Gasteiger partial charge is 0.410 e. The van der Waals surface area contributed by atoms with Crippen LogP contribution in [0.15, 0.2) is 24.3 Å². The topological polar surface area (TPSA) is 38.8 Å². The molecule has 0 spiro atoms. The Bertz CT molecular complexity index is 619. The zero-order chi connectivity index (χ0) is 15.7. The summed E-state index contributed by atoms with van der Waals surface area (Å²) in [5.74, 6) is 1.02. The molecule has 0 saturated carbocycles. The van der Waals surface area contributed by atoms with Crippen LogP contribution in [-0.4, -0.2) is 36.3 Å². The van der Waals surface area contributed by atoms with E-state index in [4.69, 9.17) is 9.47 Å². The van der Waals surface area contributed by atoms with E-state index in [1.165, 1.54) is 16.7 Å². The Morgan fingerprint density at radius 2 is 2.23 bits per heavy atom. The second-order valence-electron chi connectivity index (χ2n) is 6.46. The second-order valence-corrected chi connectivity index (χ2v) is 6.46. The van der Waals surface area contributed by atoms with Gasteiger partial charge in [0.25, 0.3) is 0 Å². The third kappa shape index (κ3) is 2.82. The summed E-state index contributed by atoms with van der Waals surface area (Å²) in [6.07, 6.45) is 3.66. The largest absolute Gasteiger partial charge is 0.487 e. The first-order valence-electron chi connectivity index (χ1n) is 7.92. The normalized spacial score (nSPS) is 19.2. The highest BCUT2D eigenvalue weighted by atomic mass is 16.6. The summed E-state index contributed by atoms with van der Waals surface area (Å²) in [6, 6.07) is 6.35. The van der Waals surface area contributed by atoms with Crippen molar-refractivity contribution in [1.82, 2.24) is 4.90 Å². The van der Waals surface area contributed by atoms with Crippen LogP contribution in [-0.2, 0) is 11.2 Å². The number of para-hydroxylation sites is 1. The highest BCUT2D eigenvalue weighted by Gasteiger charge is 2.32. The molecule has 0 fully saturated rings. The van der Waals surface area contributed by atoms with Gasteiger partial charge in [0.2, 0.25) is 0 Å². The quantitative estimate of drug-likeness (QED) is 0.837. The minimum atomic E-state index is -0.228. The first-order chi connectivity index (χ1) is 10.5. The molecule has 1 aromatic rings. The standard InChI is InChI=1S/C18H23NO3/c1-4-21-17(20)19-10-8-13(9-11-19)15-7-5-6-14-12-18(2,3)22-16(14)15/h5-8H,4,9-12H2,1-3H3. The van der Waals surface area contributed by atoms with Crippen molar-refractivity contribution in [2.24, 2.45) is 0 Å². The predicted molar refractivity (Wildman–Crippen MR) is 86.0 cm³/mol. The second kappa shape index (κ2) is 5.67. The van der Waals surface area contributed by atoms with Crippen LogP contribution in [0.2, 0.25) is 0 Å². The molecular formula is C18H23NO3. The van der Waals surface area contributed by atoms with E-state index in [0.29, 0.717) is 19.7 Å². The van der Waals surface area contributed by atoms with Gasteiger partial charge in [-0.15, -0.1) is 0 Å². The van der Waals surface area contributed by atoms with E-state index in [9.17, 15) is 4.79 Å². The Balaban J connectivity index is 1.80. The van der Waals surface area contributed by atoms with Crippen molar-refractivity contribution in [3.05, 3.63) is 35.4 Å². The van der Waals surface area contributed by atoms with E-state index >= 15 is 0 Å². The summed E-state index contributed by atoms with van der Waals surface area (Å²) in [7, 11) is 0. The van der Waals surface area contributed by atoms with Crippen molar-refractivity contribution in [2.75, 3.05) is 19.7 Å². The molecule has 1 amide bonds. The lowest BCUT2D eigenvalue weighted by Crippen LogP contribution is -2.35. The highest BCUT2D eigenvalue weighted by molar-refractivity contribution is 5.76. The molecule has 4 nitrogen and oxygen atoms in total. The van der Waals surface area contributed by atoms with E-state index in [0.717, 1.165) is 18.6 Å². The van der Waals surface area contributed by atoms with Crippen molar-refractivity contribution < 1.29 is 14.3 Å². The van der Waals surface area contributed by atoms with Gasteiger partial charge in [0, 0.05) is 25.1 Å². The fraction of sp³-hybridized carbons (Fsp3) is 0.500. The number of carbonyl (C=O) groups excluding carboxylic acids is 1. The van der Waals surface area contributed by atoms with Gasteiger partial charge in [-0.05, 0) is 38.3 Å². The fourth-order valence-electron chi connectivity index (χ4n) is 3.16. The summed E-state index contributed by atoms with van der Waals surface area (Å²) in [5, 5.41) is 0. The first kappa shape index (κ1) is 14.9. The highest BCUT2D eigenvalue weighted by Crippen LogP contribution is 2.41. The van der Waals surface area contributed by atoms with Gasteiger partial charge in [0.15, 0.2) is 0 Å². The van der Waals surface area contributed by atoms with Gasteiger partial charge in [0.1, 0.15) is 11.4 Å². The van der Waals surface area contributed by atoms with E-state index in [-0.39, 0.29) is 11.7 Å². The van der Waals surface area contributed by atoms with Crippen molar-refractivity contribution in [1.29, 1.82) is 0 Å². The van der Waals surface area contributed by atoms with E-state index in [1.54, 1.807) is 4.90 Å². The molecule has 22 heavy (non-hydrogen) atoms. The number of amides is 1. The molecule has 118 valence electrons. The summed E-state index contributed by atoms with van der Waals surface area (Å²) in [5.41, 5.74) is 3.57. The Morgan fingerprint density at radius 3 is 2.91 bits per heavy atom. The Morgan fingerprint density at radius 1 is 1.41 bits per heavy atom. The molecule has 2 aliphatic heterocycles. The van der Waals surface area contributed by atoms with Crippen LogP contribution < -0.4 is 4.74 Å². The monoisotopic (exact) mass is 301 g/mol. The van der Waals surface area contributed by atoms with Gasteiger partial charge in [0.05, 0.1) is 6.61 Å². The van der Waals surface area contributed by atoms with Crippen molar-refractivity contribution in [3.8, 4) is 5.75 Å². The summed E-state index contributed by atoms with van der Waals surface area (Å²) in [4.78, 5) is 13.5. The molecule has 0 radical (unpaired) electrons. The van der Waals surface area contributed by atoms with Crippen LogP contribution in [0.25, 0.3) is 5.57 Å². The number of rotatable bonds is 2. The maximum atomic E-state index is 11.8. The maximum Gasteiger partial charge on any atom is 0.410 e. The van der Waals surface area contributed by atoms with E-state index in [1.807, 2.05) is 6.92 Å². The summed E-state index contributed by atoms with van der Waals surface area (Å²) >= 11 is 0. The molecule has 0 aliphatic carbocycles. The molecular weight excluding hydrogens is 278 g/mol. The number of hydrogen-bond donors (Lipinski definition) is 0. The lowest BCUT2D eigenvalue weighted by atomic mass is 9.95. The Hall–Kier alpha value is -1.97. The van der Waals surface area contributed by atoms with Crippen LogP contribution in [0, 0.1) is 0 Å². The van der Waals surface area contributed by atoms with Crippen LogP contribution in [0.5, 0.6) is 5.75 Å². The van der Waals surface area contributed by atoms with Crippen molar-refractivity contribution in [2.45, 2.75) is 39.2 Å². The fourth-order valence-corrected chi connectivity index (χ4v) is 3.16. The third-order valence-corrected chi connectivity index (χ3v) is 4.17. The molecule has 0 N–H and O–H groups in total. The van der Waals surface area contributed by atoms with Gasteiger partial charge in [-0.25, -0.2) is 4.79 Å². The van der Waals surface area contributed by atoms with E-state index in [2.05, 4.69) is 38.1 Å². The number of fused-ring (bicyclic) bond motifs is 1. The molecule has 3 rings (SSSR count). The molecule has 2 aliphatic rings. The SMILES string of the molecule is CCOC(=O)N1CC=C(c2cccc3c2OC(C)(C)C3)CC1. The van der Waals surface area contributed by atoms with Crippen molar-refractivity contribution >= 4 is 11.7 Å². The molecule has 1 aromatic carbocycles. The Kier molecular flexibility index (Phi) is 3.85. The molecule has 2 heterocycles. The zero-order valence-electron chi connectivity index (χ0n) is 13.5. The average molecular weight is 301 g/mol. The maximum absolute atomic E-state index is 11.8. The van der Waals surface area contributed by atoms with Crippen molar-refractivity contribution in [3.63, 3.8) is 0 Å². The molecule has 0 aromatic heterocycles. The van der Waals surface area contributed by atoms with Gasteiger partial charge in [-0.3, -0.25) is 0 Å². The lowest BCUT2D eigenvalue weighted by molar-refractivity contribution is 0.111. The molecule has 4 heteroatoms. The van der Waals surface area contributed by atoms with Gasteiger partial charge >= 0.3 is 6.09 Å². The first-order valence-corrected chi connectivity index (χ1v) is 7.92. The molecule has 0 saturated heterocycles. The predicted octanol–water partition coefficient (Wildman–Crippen LogP) is 3.65. The summed E-state index contributed by atoms with van der Waals surface area (Å²) < 4.78 is 11.2. The van der Waals surface area contributed by atoms with E-state index < -0.39 is 0 Å². The number of carbonyl (C=O) groups is 1. The number of hydrogen-bond acceptors (Lipinski definition) is 3. The van der Waals surface area contributed by atoms with Crippen LogP contribution in [0.4, 0.5) is 4.79 Å². The van der Waals surface area contributed by atoms with Crippen LogP contribution >= 0.6 is 0 Å². The third-order valence-electron chi connectivity index (χ3n) is 4.17. The van der Waals surface area contributed by atoms with Gasteiger partial charge in [-0.2, -0.15) is 0 Å². The van der Waals surface area contributed by atoms with Gasteiger partial charge in [-0.1, -0.05) is 24.3 Å². The van der Waals surface area contributed by atoms with Gasteiger partial charge < -0.3 is 14.4 Å². The minimum Gasteiger partial charge on any atom is -0.487 e. The molecule has 0 atom stereocenters. The van der Waals surface area contributed by atoms with Crippen LogP contribution in [0.1, 0.15) is 38.3 Å². The Labute approximate surface area is 131 Å². The number of ether oxygens (including phenoxy) is 2. The minimum absolute atomic E-state index is 0.134. The molecule has 0 unspecified atom stereocenters. The zero-order valence-corrected chi connectivity index (χ0v) is 13.5. The average Bonchev–Trinajstić information content (AvgIpc) is 2.81. The molecule has 0 bridgehead atoms. The number of nitrogens with zero attached hydrogens (tertiary/aromatic N) is 1. The van der Waals surface area contributed by atoms with Crippen LogP contribution in [0.3, 0.4) is 0 Å². The summed E-state index contributed by atoms with van der Waals surface area (Å²) in [6.45, 7) is 7.78. The number of benzene rings is 1.